The lowest BCUT2D eigenvalue weighted by Crippen LogP contribution is -2.45. The summed E-state index contributed by atoms with van der Waals surface area (Å²) in [6.07, 6.45) is -4.81. The molecule has 0 radical (unpaired) electrons. The van der Waals surface area contributed by atoms with Crippen LogP contribution in [0.2, 0.25) is 0 Å². The van der Waals surface area contributed by atoms with Gasteiger partial charge in [0.15, 0.2) is 0 Å². The van der Waals surface area contributed by atoms with Crippen molar-refractivity contribution in [3.05, 3.63) is 53.5 Å². The van der Waals surface area contributed by atoms with E-state index in [9.17, 15) is 22.4 Å². The third kappa shape index (κ3) is 5.96. The normalized spacial score (nSPS) is 17.8. The Labute approximate surface area is 224 Å². The van der Waals surface area contributed by atoms with E-state index in [2.05, 4.69) is 31.1 Å². The second kappa shape index (κ2) is 11.1. The minimum absolute atomic E-state index is 0.00439. The number of carbonyl (C=O) groups is 1. The van der Waals surface area contributed by atoms with Crippen molar-refractivity contribution in [3.63, 3.8) is 0 Å². The van der Waals surface area contributed by atoms with Gasteiger partial charge in [-0.15, -0.1) is 11.3 Å². The third-order valence-electron chi connectivity index (χ3n) is 6.23. The molecule has 9 nitrogen and oxygen atoms in total. The lowest BCUT2D eigenvalue weighted by molar-refractivity contribution is -0.126. The SMILES string of the molecule is COc1ncccc1C(=O)NCc1nc(-c2sc3c(N[C@@H]4CCNC[C@@H]4F)cccc3c2CC(F)(F)F)no1. The van der Waals surface area contributed by atoms with Gasteiger partial charge in [0.05, 0.1) is 41.4 Å². The molecule has 1 aliphatic heterocycles. The number of amides is 1. The summed E-state index contributed by atoms with van der Waals surface area (Å²) in [5, 5.41) is 13.0. The average molecular weight is 565 g/mol. The lowest BCUT2D eigenvalue weighted by Gasteiger charge is -2.28. The van der Waals surface area contributed by atoms with Crippen molar-refractivity contribution in [2.24, 2.45) is 0 Å². The molecule has 3 aromatic heterocycles. The molecule has 4 heterocycles. The zero-order chi connectivity index (χ0) is 27.6. The van der Waals surface area contributed by atoms with Crippen molar-refractivity contribution in [2.45, 2.75) is 37.8 Å². The van der Waals surface area contributed by atoms with Crippen LogP contribution in [0.5, 0.6) is 5.88 Å². The first kappa shape index (κ1) is 26.8. The number of nitrogens with zero attached hydrogens (tertiary/aromatic N) is 3. The number of ether oxygens (including phenoxy) is 1. The molecule has 39 heavy (non-hydrogen) atoms. The summed E-state index contributed by atoms with van der Waals surface area (Å²) in [4.78, 5) is 21.0. The van der Waals surface area contributed by atoms with E-state index in [0.717, 1.165) is 11.3 Å². The first-order valence-electron chi connectivity index (χ1n) is 12.1. The van der Waals surface area contributed by atoms with Crippen LogP contribution in [0.4, 0.5) is 23.2 Å². The average Bonchev–Trinajstić information content (AvgIpc) is 3.53. The fourth-order valence-electron chi connectivity index (χ4n) is 4.42. The highest BCUT2D eigenvalue weighted by Crippen LogP contribution is 2.43. The van der Waals surface area contributed by atoms with Gasteiger partial charge in [-0.25, -0.2) is 9.37 Å². The largest absolute Gasteiger partial charge is 0.480 e. The third-order valence-corrected chi connectivity index (χ3v) is 7.50. The quantitative estimate of drug-likeness (QED) is 0.268. The molecule has 1 fully saturated rings. The summed E-state index contributed by atoms with van der Waals surface area (Å²) in [6.45, 7) is 0.682. The molecular formula is C25H24F4N6O3S. The minimum Gasteiger partial charge on any atom is -0.480 e. The minimum atomic E-state index is -4.49. The van der Waals surface area contributed by atoms with Gasteiger partial charge in [-0.1, -0.05) is 17.3 Å². The van der Waals surface area contributed by atoms with Crippen LogP contribution in [0.15, 0.2) is 41.1 Å². The van der Waals surface area contributed by atoms with Crippen molar-refractivity contribution in [3.8, 4) is 16.6 Å². The van der Waals surface area contributed by atoms with Gasteiger partial charge in [-0.2, -0.15) is 18.2 Å². The molecule has 1 saturated heterocycles. The summed E-state index contributed by atoms with van der Waals surface area (Å²) >= 11 is 1.08. The van der Waals surface area contributed by atoms with Crippen LogP contribution < -0.4 is 20.7 Å². The number of alkyl halides is 4. The fourth-order valence-corrected chi connectivity index (χ4v) is 5.64. The molecular weight excluding hydrogens is 540 g/mol. The van der Waals surface area contributed by atoms with Crippen molar-refractivity contribution in [2.75, 3.05) is 25.5 Å². The van der Waals surface area contributed by atoms with Crippen LogP contribution in [0.3, 0.4) is 0 Å². The van der Waals surface area contributed by atoms with Crippen molar-refractivity contribution in [1.29, 1.82) is 0 Å². The molecule has 0 aliphatic carbocycles. The van der Waals surface area contributed by atoms with Crippen LogP contribution in [-0.2, 0) is 13.0 Å². The number of piperidine rings is 1. The van der Waals surface area contributed by atoms with Gasteiger partial charge in [-0.3, -0.25) is 4.79 Å². The number of rotatable bonds is 8. The number of thiophene rings is 1. The molecule has 206 valence electrons. The molecule has 5 rings (SSSR count). The van der Waals surface area contributed by atoms with Crippen molar-refractivity contribution in [1.82, 2.24) is 25.8 Å². The van der Waals surface area contributed by atoms with E-state index in [1.165, 1.54) is 19.4 Å². The number of benzene rings is 1. The number of nitrogens with one attached hydrogen (secondary N) is 3. The maximum Gasteiger partial charge on any atom is 0.393 e. The molecule has 1 aliphatic rings. The Bertz CT molecular complexity index is 1470. The Kier molecular flexibility index (Phi) is 7.66. The second-order valence-electron chi connectivity index (χ2n) is 8.90. The maximum atomic E-state index is 14.4. The van der Waals surface area contributed by atoms with Crippen LogP contribution >= 0.6 is 11.3 Å². The number of methoxy groups -OCH3 is 1. The van der Waals surface area contributed by atoms with Gasteiger partial charge >= 0.3 is 6.18 Å². The molecule has 0 spiro atoms. The molecule has 0 bridgehead atoms. The van der Waals surface area contributed by atoms with E-state index in [4.69, 9.17) is 9.26 Å². The Morgan fingerprint density at radius 3 is 2.90 bits per heavy atom. The van der Waals surface area contributed by atoms with Crippen molar-refractivity contribution < 1.29 is 31.6 Å². The number of hydrogen-bond acceptors (Lipinski definition) is 9. The predicted molar refractivity (Wildman–Crippen MR) is 137 cm³/mol. The number of hydrogen-bond donors (Lipinski definition) is 3. The zero-order valence-corrected chi connectivity index (χ0v) is 21.5. The van der Waals surface area contributed by atoms with Crippen LogP contribution in [0, 0.1) is 0 Å². The van der Waals surface area contributed by atoms with Crippen molar-refractivity contribution >= 4 is 33.0 Å². The van der Waals surface area contributed by atoms with E-state index >= 15 is 0 Å². The lowest BCUT2D eigenvalue weighted by atomic mass is 10.0. The smallest absolute Gasteiger partial charge is 0.393 e. The van der Waals surface area contributed by atoms with Gasteiger partial charge in [0.2, 0.25) is 17.6 Å². The molecule has 2 atom stereocenters. The molecule has 3 N–H and O–H groups in total. The van der Waals surface area contributed by atoms with Crippen LogP contribution in [0.25, 0.3) is 20.8 Å². The molecule has 4 aromatic rings. The number of carbonyl (C=O) groups excluding carboxylic acids is 1. The Morgan fingerprint density at radius 2 is 2.13 bits per heavy atom. The standard InChI is InChI=1S/C25H24F4N6O3S/c1-37-24-14(5-3-8-31-24)23(36)32-12-19-34-22(35-38-19)21-15(10-25(27,28)29)13-4-2-6-18(20(13)39-21)33-17-7-9-30-11-16(17)26/h2-6,8,16-17,30,33H,7,9-12H2,1H3,(H,32,36)/t16-,17+/m0/s1. The first-order valence-corrected chi connectivity index (χ1v) is 12.9. The molecule has 14 heteroatoms. The second-order valence-corrected chi connectivity index (χ2v) is 9.92. The van der Waals surface area contributed by atoms with E-state index in [1.54, 1.807) is 24.3 Å². The van der Waals surface area contributed by atoms with E-state index < -0.39 is 30.7 Å². The van der Waals surface area contributed by atoms with Gasteiger partial charge in [-0.05, 0) is 42.1 Å². The topological polar surface area (TPSA) is 114 Å². The fraction of sp³-hybridized carbons (Fsp3) is 0.360. The Balaban J connectivity index is 1.43. The summed E-state index contributed by atoms with van der Waals surface area (Å²) < 4.78 is 66.1. The van der Waals surface area contributed by atoms with Crippen LogP contribution in [-0.4, -0.2) is 59.6 Å². The highest BCUT2D eigenvalue weighted by molar-refractivity contribution is 7.23. The number of halogens is 4. The van der Waals surface area contributed by atoms with Gasteiger partial charge in [0.25, 0.3) is 5.91 Å². The maximum absolute atomic E-state index is 14.4. The summed E-state index contributed by atoms with van der Waals surface area (Å²) in [5.41, 5.74) is 0.744. The Morgan fingerprint density at radius 1 is 1.28 bits per heavy atom. The first-order chi connectivity index (χ1) is 18.7. The molecule has 1 aromatic carbocycles. The highest BCUT2D eigenvalue weighted by atomic mass is 32.1. The van der Waals surface area contributed by atoms with Gasteiger partial charge < -0.3 is 25.2 Å². The van der Waals surface area contributed by atoms with Gasteiger partial charge in [0, 0.05) is 12.7 Å². The number of anilines is 1. The molecule has 0 saturated carbocycles. The van der Waals surface area contributed by atoms with Gasteiger partial charge in [0.1, 0.15) is 11.7 Å². The predicted octanol–water partition coefficient (Wildman–Crippen LogP) is 4.50. The van der Waals surface area contributed by atoms with E-state index in [-0.39, 0.29) is 46.7 Å². The monoisotopic (exact) mass is 564 g/mol. The highest BCUT2D eigenvalue weighted by Gasteiger charge is 2.33. The van der Waals surface area contributed by atoms with Crippen LogP contribution in [0.1, 0.15) is 28.2 Å². The summed E-state index contributed by atoms with van der Waals surface area (Å²) in [5.74, 6) is -0.393. The Hall–Kier alpha value is -3.78. The van der Waals surface area contributed by atoms with E-state index in [1.807, 2.05) is 0 Å². The summed E-state index contributed by atoms with van der Waals surface area (Å²) in [7, 11) is 1.39. The number of pyridine rings is 1. The molecule has 0 unspecified atom stereocenters. The number of fused-ring (bicyclic) bond motifs is 1. The van der Waals surface area contributed by atoms with E-state index in [0.29, 0.717) is 28.7 Å². The zero-order valence-electron chi connectivity index (χ0n) is 20.6. The number of aromatic nitrogens is 3. The molecule has 1 amide bonds. The summed E-state index contributed by atoms with van der Waals surface area (Å²) in [6, 6.07) is 7.60.